The fourth-order valence-corrected chi connectivity index (χ4v) is 4.12. The highest BCUT2D eigenvalue weighted by atomic mass is 16.6. The number of aliphatic hydroxyl groups is 1. The zero-order chi connectivity index (χ0) is 32.3. The highest BCUT2D eigenvalue weighted by Gasteiger charge is 2.21. The van der Waals surface area contributed by atoms with Crippen molar-refractivity contribution in [2.75, 3.05) is 14.2 Å². The molecule has 0 saturated heterocycles. The van der Waals surface area contributed by atoms with E-state index < -0.39 is 17.7 Å². The van der Waals surface area contributed by atoms with Gasteiger partial charge in [0, 0.05) is 30.3 Å². The van der Waals surface area contributed by atoms with Crippen molar-refractivity contribution >= 4 is 29.9 Å². The topological polar surface area (TPSA) is 116 Å². The molecule has 10 nitrogen and oxygen atoms in total. The molecule has 0 aliphatic carbocycles. The molecule has 0 radical (unpaired) electrons. The number of carbonyl (C=O) groups excluding carboxylic acids is 3. The van der Waals surface area contributed by atoms with Crippen molar-refractivity contribution in [1.29, 1.82) is 0 Å². The Morgan fingerprint density at radius 3 is 1.56 bits per heavy atom. The van der Waals surface area contributed by atoms with Gasteiger partial charge in [-0.1, -0.05) is 24.3 Å². The van der Waals surface area contributed by atoms with Crippen LogP contribution < -0.4 is 28.1 Å². The second-order valence-corrected chi connectivity index (χ2v) is 9.63. The van der Waals surface area contributed by atoms with Crippen LogP contribution in [0.5, 0.6) is 23.0 Å². The number of esters is 2. The summed E-state index contributed by atoms with van der Waals surface area (Å²) in [6.07, 6.45) is 10.3. The molecule has 0 unspecified atom stereocenters. The van der Waals surface area contributed by atoms with Gasteiger partial charge < -0.3 is 24.1 Å². The molecule has 0 saturated carbocycles. The molecule has 4 rings (SSSR count). The van der Waals surface area contributed by atoms with Gasteiger partial charge in [-0.25, -0.2) is 9.59 Å². The number of benzene rings is 2. The lowest BCUT2D eigenvalue weighted by Gasteiger charge is -2.09. The SMILES string of the molecule is COc1cc(/C=C/C(=O)/C=C(O)/C=C/c2ccc(OC(=O)c3cccc[n+]3C)c(OC)c2)ccc1OC(=O)c1cccc[n+]1C. The lowest BCUT2D eigenvalue weighted by Crippen LogP contribution is -2.36. The van der Waals surface area contributed by atoms with Gasteiger partial charge in [0.05, 0.1) is 14.2 Å². The van der Waals surface area contributed by atoms with Crippen molar-refractivity contribution < 1.29 is 47.6 Å². The van der Waals surface area contributed by atoms with Crippen molar-refractivity contribution in [3.8, 4) is 23.0 Å². The number of pyridine rings is 2. The van der Waals surface area contributed by atoms with E-state index in [1.807, 2.05) is 0 Å². The molecular formula is C35H32N2O8+2. The number of allylic oxidation sites excluding steroid dienone is 3. The van der Waals surface area contributed by atoms with Crippen LogP contribution in [0.3, 0.4) is 0 Å². The lowest BCUT2D eigenvalue weighted by molar-refractivity contribution is -0.674. The summed E-state index contributed by atoms with van der Waals surface area (Å²) >= 11 is 0. The van der Waals surface area contributed by atoms with Gasteiger partial charge in [-0.3, -0.25) is 4.79 Å². The van der Waals surface area contributed by atoms with E-state index in [-0.39, 0.29) is 17.3 Å². The van der Waals surface area contributed by atoms with Gasteiger partial charge in [0.15, 0.2) is 41.2 Å². The Balaban J connectivity index is 1.39. The zero-order valence-electron chi connectivity index (χ0n) is 25.2. The summed E-state index contributed by atoms with van der Waals surface area (Å²) in [7, 11) is 6.37. The Morgan fingerprint density at radius 1 is 0.644 bits per heavy atom. The third kappa shape index (κ3) is 8.51. The largest absolute Gasteiger partial charge is 0.508 e. The number of hydrogen-bond donors (Lipinski definition) is 1. The molecule has 10 heteroatoms. The number of aliphatic hydroxyl groups excluding tert-OH is 1. The molecule has 0 fully saturated rings. The van der Waals surface area contributed by atoms with Crippen LogP contribution in [0.15, 0.2) is 109 Å². The van der Waals surface area contributed by atoms with E-state index in [1.54, 1.807) is 121 Å². The van der Waals surface area contributed by atoms with Gasteiger partial charge >= 0.3 is 11.9 Å². The van der Waals surface area contributed by atoms with Crippen LogP contribution in [0.4, 0.5) is 0 Å². The van der Waals surface area contributed by atoms with E-state index in [0.717, 1.165) is 6.08 Å². The maximum absolute atomic E-state index is 12.6. The van der Waals surface area contributed by atoms with Gasteiger partial charge in [-0.2, -0.15) is 9.13 Å². The molecule has 2 heterocycles. The quantitative estimate of drug-likeness (QED) is 0.0660. The first kappa shape index (κ1) is 31.9. The summed E-state index contributed by atoms with van der Waals surface area (Å²) < 4.78 is 25.0. The number of aryl methyl sites for hydroxylation is 2. The molecule has 45 heavy (non-hydrogen) atoms. The maximum Gasteiger partial charge on any atom is 0.409 e. The van der Waals surface area contributed by atoms with Gasteiger partial charge in [-0.05, 0) is 59.7 Å². The minimum Gasteiger partial charge on any atom is -0.508 e. The van der Waals surface area contributed by atoms with E-state index in [0.29, 0.717) is 34.0 Å². The first-order valence-electron chi connectivity index (χ1n) is 13.7. The van der Waals surface area contributed by atoms with E-state index >= 15 is 0 Å². The number of carbonyl (C=O) groups is 3. The van der Waals surface area contributed by atoms with Crippen LogP contribution in [0.2, 0.25) is 0 Å². The third-order valence-corrected chi connectivity index (χ3v) is 6.49. The Morgan fingerprint density at radius 2 is 1.11 bits per heavy atom. The average molecular weight is 609 g/mol. The predicted molar refractivity (Wildman–Crippen MR) is 165 cm³/mol. The number of rotatable bonds is 11. The summed E-state index contributed by atoms with van der Waals surface area (Å²) in [5, 5.41) is 10.3. The average Bonchev–Trinajstić information content (AvgIpc) is 3.04. The van der Waals surface area contributed by atoms with Crippen LogP contribution in [0.25, 0.3) is 12.2 Å². The molecule has 0 spiro atoms. The van der Waals surface area contributed by atoms with E-state index in [9.17, 15) is 19.5 Å². The highest BCUT2D eigenvalue weighted by molar-refractivity contribution is 6.02. The third-order valence-electron chi connectivity index (χ3n) is 6.49. The highest BCUT2D eigenvalue weighted by Crippen LogP contribution is 2.30. The number of aromatic nitrogens is 2. The minimum atomic E-state index is -0.543. The second-order valence-electron chi connectivity index (χ2n) is 9.63. The zero-order valence-corrected chi connectivity index (χ0v) is 25.2. The van der Waals surface area contributed by atoms with Gasteiger partial charge in [0.1, 0.15) is 19.9 Å². The fourth-order valence-electron chi connectivity index (χ4n) is 4.12. The molecule has 0 aliphatic heterocycles. The number of hydrogen-bond acceptors (Lipinski definition) is 8. The normalized spacial score (nSPS) is 11.4. The number of ether oxygens (including phenoxy) is 4. The molecule has 4 aromatic rings. The Hall–Kier alpha value is -6.03. The number of nitrogens with zero attached hydrogens (tertiary/aromatic N) is 2. The smallest absolute Gasteiger partial charge is 0.409 e. The van der Waals surface area contributed by atoms with Crippen molar-refractivity contribution in [3.05, 3.63) is 132 Å². The number of ketones is 1. The van der Waals surface area contributed by atoms with E-state index in [1.165, 1.54) is 26.4 Å². The Labute approximate surface area is 260 Å². The van der Waals surface area contributed by atoms with Crippen molar-refractivity contribution in [2.24, 2.45) is 14.1 Å². The Kier molecular flexibility index (Phi) is 10.6. The predicted octanol–water partition coefficient (Wildman–Crippen LogP) is 4.53. The second kappa shape index (κ2) is 14.9. The minimum absolute atomic E-state index is 0.227. The molecule has 228 valence electrons. The van der Waals surface area contributed by atoms with Gasteiger partial charge in [0.2, 0.25) is 0 Å². The molecular weight excluding hydrogens is 576 g/mol. The van der Waals surface area contributed by atoms with Crippen LogP contribution in [0.1, 0.15) is 32.1 Å². The first-order valence-corrected chi connectivity index (χ1v) is 13.7. The maximum atomic E-state index is 12.6. The summed E-state index contributed by atoms with van der Waals surface area (Å²) in [6, 6.07) is 20.1. The molecule has 0 amide bonds. The standard InChI is InChI=1S/C35H31N2O8/c1-36-19-7-5-9-28(36)34(40)44-30-17-13-24(21-32(30)42-3)11-15-26(38)23-27(39)16-12-25-14-18-31(33(22-25)43-4)45-35(41)29-10-6-8-20-37(29)2/h5-23H,1-4H3/q+1/p+1/b15-11+,16-12+. The molecule has 1 N–H and O–H groups in total. The van der Waals surface area contributed by atoms with Crippen molar-refractivity contribution in [2.45, 2.75) is 0 Å². The van der Waals surface area contributed by atoms with Gasteiger partial charge in [-0.15, -0.1) is 0 Å². The summed E-state index contributed by atoms with van der Waals surface area (Å²) in [4.78, 5) is 37.6. The van der Waals surface area contributed by atoms with Crippen LogP contribution in [-0.4, -0.2) is 37.0 Å². The lowest BCUT2D eigenvalue weighted by atomic mass is 10.1. The van der Waals surface area contributed by atoms with Gasteiger partial charge in [0.25, 0.3) is 11.4 Å². The molecule has 0 bridgehead atoms. The Bertz CT molecular complexity index is 1820. The van der Waals surface area contributed by atoms with Crippen molar-refractivity contribution in [1.82, 2.24) is 0 Å². The molecule has 0 atom stereocenters. The number of methoxy groups -OCH3 is 2. The summed E-state index contributed by atoms with van der Waals surface area (Å²) in [5.41, 5.74) is 1.98. The molecule has 2 aromatic carbocycles. The van der Waals surface area contributed by atoms with Crippen LogP contribution >= 0.6 is 0 Å². The van der Waals surface area contributed by atoms with E-state index in [4.69, 9.17) is 18.9 Å². The van der Waals surface area contributed by atoms with E-state index in [2.05, 4.69) is 0 Å². The van der Waals surface area contributed by atoms with Crippen LogP contribution in [-0.2, 0) is 18.9 Å². The molecule has 2 aromatic heterocycles. The monoisotopic (exact) mass is 608 g/mol. The van der Waals surface area contributed by atoms with Crippen molar-refractivity contribution in [3.63, 3.8) is 0 Å². The summed E-state index contributed by atoms with van der Waals surface area (Å²) in [6.45, 7) is 0. The fraction of sp³-hybridized carbons (Fsp3) is 0.114. The summed E-state index contributed by atoms with van der Waals surface area (Å²) in [5.74, 6) is -0.732. The molecule has 0 aliphatic rings. The first-order chi connectivity index (χ1) is 21.7. The van der Waals surface area contributed by atoms with Crippen LogP contribution in [0, 0.1) is 0 Å².